The highest BCUT2D eigenvalue weighted by Gasteiger charge is 2.30. The molecule has 2 rings (SSSR count). The first-order valence-corrected chi connectivity index (χ1v) is 7.47. The molecule has 0 aromatic heterocycles. The van der Waals surface area contributed by atoms with E-state index in [1.165, 1.54) is 18.9 Å². The van der Waals surface area contributed by atoms with Crippen LogP contribution in [0.2, 0.25) is 0 Å². The van der Waals surface area contributed by atoms with E-state index in [1.807, 2.05) is 6.07 Å². The Balaban J connectivity index is 2.16. The fourth-order valence-electron chi connectivity index (χ4n) is 3.28. The molecule has 0 bridgehead atoms. The number of nitrogens with one attached hydrogen (secondary N) is 1. The summed E-state index contributed by atoms with van der Waals surface area (Å²) in [6, 6.07) is 7.03. The fourth-order valence-corrected chi connectivity index (χ4v) is 3.28. The highest BCUT2D eigenvalue weighted by molar-refractivity contribution is 5.50. The zero-order valence-corrected chi connectivity index (χ0v) is 12.5. The van der Waals surface area contributed by atoms with Gasteiger partial charge in [0.05, 0.1) is 5.56 Å². The van der Waals surface area contributed by atoms with Crippen LogP contribution in [0.25, 0.3) is 0 Å². The molecule has 1 aliphatic rings. The molecule has 1 fully saturated rings. The number of halogens is 1. The van der Waals surface area contributed by atoms with Crippen LogP contribution in [-0.2, 0) is 0 Å². The zero-order valence-electron chi connectivity index (χ0n) is 12.5. The Hall–Kier alpha value is -1.56. The van der Waals surface area contributed by atoms with Gasteiger partial charge in [0.1, 0.15) is 11.9 Å². The Morgan fingerprint density at radius 3 is 2.75 bits per heavy atom. The smallest absolute Gasteiger partial charge is 0.141 e. The average molecular weight is 274 g/mol. The van der Waals surface area contributed by atoms with Crippen LogP contribution in [-0.4, -0.2) is 6.04 Å². The van der Waals surface area contributed by atoms with Crippen molar-refractivity contribution in [2.45, 2.75) is 46.1 Å². The Morgan fingerprint density at radius 2 is 2.10 bits per heavy atom. The molecule has 3 atom stereocenters. The average Bonchev–Trinajstić information content (AvgIpc) is 2.40. The highest BCUT2D eigenvalue weighted by atomic mass is 19.1. The van der Waals surface area contributed by atoms with Crippen LogP contribution in [0.15, 0.2) is 18.2 Å². The van der Waals surface area contributed by atoms with Crippen LogP contribution in [0.3, 0.4) is 0 Å². The third-order valence-corrected chi connectivity index (χ3v) is 4.46. The van der Waals surface area contributed by atoms with E-state index in [2.05, 4.69) is 26.1 Å². The van der Waals surface area contributed by atoms with Gasteiger partial charge < -0.3 is 5.32 Å². The summed E-state index contributed by atoms with van der Waals surface area (Å²) in [7, 11) is 0. The van der Waals surface area contributed by atoms with Gasteiger partial charge in [-0.2, -0.15) is 5.26 Å². The molecule has 1 aliphatic carbocycles. The number of nitriles is 1. The Bertz CT molecular complexity index is 504. The largest absolute Gasteiger partial charge is 0.382 e. The lowest BCUT2D eigenvalue weighted by atomic mass is 9.74. The van der Waals surface area contributed by atoms with Crippen molar-refractivity contribution in [3.8, 4) is 6.07 Å². The van der Waals surface area contributed by atoms with Gasteiger partial charge in [-0.1, -0.05) is 27.2 Å². The number of benzene rings is 1. The number of hydrogen-bond acceptors (Lipinski definition) is 2. The zero-order chi connectivity index (χ0) is 14.7. The Kier molecular flexibility index (Phi) is 4.65. The minimum Gasteiger partial charge on any atom is -0.382 e. The maximum Gasteiger partial charge on any atom is 0.141 e. The minimum absolute atomic E-state index is 0.111. The second-order valence-corrected chi connectivity index (χ2v) is 6.38. The fraction of sp³-hybridized carbons (Fsp3) is 0.588. The molecule has 2 nitrogen and oxygen atoms in total. The molecule has 1 aromatic rings. The number of hydrogen-bond donors (Lipinski definition) is 1. The van der Waals surface area contributed by atoms with Gasteiger partial charge in [0, 0.05) is 11.7 Å². The molecular formula is C17H23FN2. The number of nitrogens with zero attached hydrogens (tertiary/aromatic N) is 1. The van der Waals surface area contributed by atoms with Gasteiger partial charge in [-0.15, -0.1) is 0 Å². The van der Waals surface area contributed by atoms with Crippen molar-refractivity contribution < 1.29 is 4.39 Å². The van der Waals surface area contributed by atoms with E-state index in [0.29, 0.717) is 17.9 Å². The van der Waals surface area contributed by atoms with Gasteiger partial charge in [-0.05, 0) is 48.8 Å². The van der Waals surface area contributed by atoms with Crippen LogP contribution >= 0.6 is 0 Å². The van der Waals surface area contributed by atoms with E-state index in [0.717, 1.165) is 18.0 Å². The maximum atomic E-state index is 13.4. The standard InChI is InChI=1S/C17H23FN2/c1-11(2)15-6-4-12(3)8-17(15)20-14-5-7-16(18)13(9-14)10-19/h5,7,9,11-12,15,17,20H,4,6,8H2,1-3H3. The lowest BCUT2D eigenvalue weighted by Crippen LogP contribution is -2.37. The van der Waals surface area contributed by atoms with E-state index < -0.39 is 5.82 Å². The summed E-state index contributed by atoms with van der Waals surface area (Å²) >= 11 is 0. The van der Waals surface area contributed by atoms with Gasteiger partial charge in [-0.3, -0.25) is 0 Å². The molecule has 108 valence electrons. The summed E-state index contributed by atoms with van der Waals surface area (Å²) in [5.74, 6) is 1.55. The van der Waals surface area contributed by atoms with Crippen LogP contribution in [0, 0.1) is 34.9 Å². The first-order valence-electron chi connectivity index (χ1n) is 7.47. The normalized spacial score (nSPS) is 26.3. The summed E-state index contributed by atoms with van der Waals surface area (Å²) < 4.78 is 13.4. The third kappa shape index (κ3) is 3.30. The number of rotatable bonds is 3. The van der Waals surface area contributed by atoms with Gasteiger partial charge in [0.15, 0.2) is 0 Å². The predicted octanol–water partition coefficient (Wildman–Crippen LogP) is 4.57. The van der Waals surface area contributed by atoms with Crippen molar-refractivity contribution in [2.24, 2.45) is 17.8 Å². The van der Waals surface area contributed by atoms with Crippen molar-refractivity contribution >= 4 is 5.69 Å². The molecule has 1 aromatic carbocycles. The summed E-state index contributed by atoms with van der Waals surface area (Å²) in [5, 5.41) is 12.4. The molecule has 0 radical (unpaired) electrons. The third-order valence-electron chi connectivity index (χ3n) is 4.46. The molecule has 0 aliphatic heterocycles. The SMILES string of the molecule is CC1CCC(C(C)C)C(Nc2ccc(F)c(C#N)c2)C1. The van der Waals surface area contributed by atoms with Crippen molar-refractivity contribution in [1.29, 1.82) is 5.26 Å². The van der Waals surface area contributed by atoms with Crippen LogP contribution in [0.5, 0.6) is 0 Å². The first-order chi connectivity index (χ1) is 9.51. The predicted molar refractivity (Wildman–Crippen MR) is 79.9 cm³/mol. The Morgan fingerprint density at radius 1 is 1.35 bits per heavy atom. The quantitative estimate of drug-likeness (QED) is 0.876. The van der Waals surface area contributed by atoms with E-state index in [-0.39, 0.29) is 5.56 Å². The van der Waals surface area contributed by atoms with Gasteiger partial charge in [0.2, 0.25) is 0 Å². The lowest BCUT2D eigenvalue weighted by molar-refractivity contribution is 0.212. The van der Waals surface area contributed by atoms with E-state index in [9.17, 15) is 4.39 Å². The van der Waals surface area contributed by atoms with Crippen molar-refractivity contribution in [2.75, 3.05) is 5.32 Å². The molecule has 20 heavy (non-hydrogen) atoms. The Labute approximate surface area is 121 Å². The minimum atomic E-state index is -0.449. The lowest BCUT2D eigenvalue weighted by Gasteiger charge is -2.38. The monoisotopic (exact) mass is 274 g/mol. The van der Waals surface area contributed by atoms with E-state index >= 15 is 0 Å². The molecule has 3 heteroatoms. The molecular weight excluding hydrogens is 251 g/mol. The van der Waals surface area contributed by atoms with Crippen LogP contribution < -0.4 is 5.32 Å². The summed E-state index contributed by atoms with van der Waals surface area (Å²) in [5.41, 5.74) is 0.965. The summed E-state index contributed by atoms with van der Waals surface area (Å²) in [4.78, 5) is 0. The molecule has 0 saturated heterocycles. The van der Waals surface area contributed by atoms with Gasteiger partial charge in [0.25, 0.3) is 0 Å². The van der Waals surface area contributed by atoms with Crippen molar-refractivity contribution in [1.82, 2.24) is 0 Å². The maximum absolute atomic E-state index is 13.4. The second-order valence-electron chi connectivity index (χ2n) is 6.38. The van der Waals surface area contributed by atoms with Crippen LogP contribution in [0.1, 0.15) is 45.6 Å². The molecule has 0 heterocycles. The molecule has 1 saturated carbocycles. The van der Waals surface area contributed by atoms with Crippen molar-refractivity contribution in [3.63, 3.8) is 0 Å². The van der Waals surface area contributed by atoms with Gasteiger partial charge in [-0.25, -0.2) is 4.39 Å². The molecule has 0 amide bonds. The first kappa shape index (κ1) is 14.8. The van der Waals surface area contributed by atoms with Crippen LogP contribution in [0.4, 0.5) is 10.1 Å². The van der Waals surface area contributed by atoms with Gasteiger partial charge >= 0.3 is 0 Å². The topological polar surface area (TPSA) is 35.8 Å². The molecule has 1 N–H and O–H groups in total. The molecule has 3 unspecified atom stereocenters. The summed E-state index contributed by atoms with van der Waals surface area (Å²) in [6.07, 6.45) is 3.67. The van der Waals surface area contributed by atoms with Crippen molar-refractivity contribution in [3.05, 3.63) is 29.6 Å². The van der Waals surface area contributed by atoms with E-state index in [1.54, 1.807) is 12.1 Å². The number of anilines is 1. The second kappa shape index (κ2) is 6.26. The van der Waals surface area contributed by atoms with E-state index in [4.69, 9.17) is 5.26 Å². The highest BCUT2D eigenvalue weighted by Crippen LogP contribution is 2.35. The molecule has 0 spiro atoms. The summed E-state index contributed by atoms with van der Waals surface area (Å²) in [6.45, 7) is 6.82.